The molecule has 0 unspecified atom stereocenters. The van der Waals surface area contributed by atoms with Crippen molar-refractivity contribution in [1.29, 1.82) is 0 Å². The number of piperazine rings is 1. The van der Waals surface area contributed by atoms with Crippen LogP contribution in [0.2, 0.25) is 10.2 Å². The molecular formula is C20H25Cl2N5OS. The van der Waals surface area contributed by atoms with E-state index in [4.69, 9.17) is 23.2 Å². The lowest BCUT2D eigenvalue weighted by Gasteiger charge is -2.37. The van der Waals surface area contributed by atoms with Gasteiger partial charge in [0.1, 0.15) is 11.0 Å². The van der Waals surface area contributed by atoms with Crippen molar-refractivity contribution in [1.82, 2.24) is 15.3 Å². The summed E-state index contributed by atoms with van der Waals surface area (Å²) in [6, 6.07) is 9.66. The number of anilines is 2. The molecule has 2 aromatic rings. The number of nitrogens with one attached hydrogen (secondary N) is 1. The van der Waals surface area contributed by atoms with Crippen molar-refractivity contribution in [3.8, 4) is 0 Å². The van der Waals surface area contributed by atoms with Gasteiger partial charge in [0.2, 0.25) is 5.91 Å². The highest BCUT2D eigenvalue weighted by Gasteiger charge is 2.21. The Morgan fingerprint density at radius 2 is 1.83 bits per heavy atom. The molecule has 0 atom stereocenters. The molecular weight excluding hydrogens is 429 g/mol. The summed E-state index contributed by atoms with van der Waals surface area (Å²) in [5.74, 6) is 1.45. The number of hydrogen-bond donors (Lipinski definition) is 1. The van der Waals surface area contributed by atoms with Crippen LogP contribution in [-0.2, 0) is 4.79 Å². The van der Waals surface area contributed by atoms with Gasteiger partial charge in [-0.2, -0.15) is 0 Å². The van der Waals surface area contributed by atoms with Crippen molar-refractivity contribution in [2.45, 2.75) is 19.0 Å². The Balaban J connectivity index is 1.59. The van der Waals surface area contributed by atoms with E-state index < -0.39 is 0 Å². The van der Waals surface area contributed by atoms with Gasteiger partial charge in [-0.1, -0.05) is 60.9 Å². The average Bonchev–Trinajstić information content (AvgIpc) is 2.71. The molecule has 1 aromatic heterocycles. The molecule has 1 N–H and O–H groups in total. The molecule has 0 aliphatic carbocycles. The molecule has 1 aliphatic rings. The summed E-state index contributed by atoms with van der Waals surface area (Å²) in [5.41, 5.74) is 1.05. The largest absolute Gasteiger partial charge is 0.367 e. The van der Waals surface area contributed by atoms with Gasteiger partial charge < -0.3 is 15.1 Å². The minimum Gasteiger partial charge on any atom is -0.367 e. The maximum atomic E-state index is 11.9. The zero-order chi connectivity index (χ0) is 20.8. The minimum atomic E-state index is -0.0258. The Hall–Kier alpha value is -1.70. The second-order valence-electron chi connectivity index (χ2n) is 7.24. The number of carbonyl (C=O) groups is 1. The Labute approximate surface area is 186 Å². The molecule has 1 aromatic carbocycles. The molecule has 1 fully saturated rings. The maximum Gasteiger partial charge on any atom is 0.230 e. The van der Waals surface area contributed by atoms with Crippen LogP contribution in [0.1, 0.15) is 13.8 Å². The molecule has 1 aliphatic heterocycles. The highest BCUT2D eigenvalue weighted by atomic mass is 35.5. The predicted molar refractivity (Wildman–Crippen MR) is 121 cm³/mol. The van der Waals surface area contributed by atoms with E-state index in [0.29, 0.717) is 22.8 Å². The van der Waals surface area contributed by atoms with Gasteiger partial charge in [0.15, 0.2) is 5.16 Å². The summed E-state index contributed by atoms with van der Waals surface area (Å²) in [5, 5.41) is 4.56. The molecule has 0 spiro atoms. The summed E-state index contributed by atoms with van der Waals surface area (Å²) in [4.78, 5) is 25.3. The quantitative estimate of drug-likeness (QED) is 0.388. The van der Waals surface area contributed by atoms with Crippen molar-refractivity contribution in [2.24, 2.45) is 5.92 Å². The first-order valence-corrected chi connectivity index (χ1v) is 11.3. The smallest absolute Gasteiger partial charge is 0.230 e. The van der Waals surface area contributed by atoms with Crippen LogP contribution in [0.5, 0.6) is 0 Å². The van der Waals surface area contributed by atoms with E-state index in [2.05, 4.69) is 38.9 Å². The van der Waals surface area contributed by atoms with Gasteiger partial charge in [0.25, 0.3) is 0 Å². The first kappa shape index (κ1) is 22.0. The molecule has 1 amide bonds. The zero-order valence-electron chi connectivity index (χ0n) is 16.6. The fourth-order valence-electron chi connectivity index (χ4n) is 3.00. The van der Waals surface area contributed by atoms with Gasteiger partial charge in [0, 0.05) is 38.8 Å². The lowest BCUT2D eigenvalue weighted by Crippen LogP contribution is -2.47. The number of carbonyl (C=O) groups excluding carboxylic acids is 1. The summed E-state index contributed by atoms with van der Waals surface area (Å²) in [6.07, 6.45) is 0. The number of para-hydroxylation sites is 1. The normalized spacial score (nSPS) is 14.4. The summed E-state index contributed by atoms with van der Waals surface area (Å²) >= 11 is 13.8. The molecule has 0 bridgehead atoms. The zero-order valence-corrected chi connectivity index (χ0v) is 18.9. The van der Waals surface area contributed by atoms with Crippen LogP contribution in [0, 0.1) is 5.92 Å². The van der Waals surface area contributed by atoms with Gasteiger partial charge in [-0.15, -0.1) is 0 Å². The lowest BCUT2D eigenvalue weighted by atomic mass is 10.2. The van der Waals surface area contributed by atoms with Crippen molar-refractivity contribution in [2.75, 3.05) is 48.3 Å². The second-order valence-corrected chi connectivity index (χ2v) is 8.98. The van der Waals surface area contributed by atoms with Gasteiger partial charge in [-0.05, 0) is 18.1 Å². The van der Waals surface area contributed by atoms with Crippen LogP contribution in [0.25, 0.3) is 0 Å². The number of thioether (sulfide) groups is 1. The van der Waals surface area contributed by atoms with Crippen LogP contribution < -0.4 is 15.1 Å². The van der Waals surface area contributed by atoms with Crippen LogP contribution in [0.3, 0.4) is 0 Å². The molecule has 29 heavy (non-hydrogen) atoms. The highest BCUT2D eigenvalue weighted by Crippen LogP contribution is 2.28. The topological polar surface area (TPSA) is 61.4 Å². The number of halogens is 2. The van der Waals surface area contributed by atoms with Crippen molar-refractivity contribution >= 4 is 52.4 Å². The van der Waals surface area contributed by atoms with Crippen LogP contribution in [-0.4, -0.2) is 54.4 Å². The van der Waals surface area contributed by atoms with Crippen LogP contribution in [0.4, 0.5) is 11.5 Å². The number of aromatic nitrogens is 2. The van der Waals surface area contributed by atoms with Crippen molar-refractivity contribution < 1.29 is 4.79 Å². The molecule has 3 rings (SSSR count). The second kappa shape index (κ2) is 10.4. The Kier molecular flexibility index (Phi) is 7.86. The molecule has 2 heterocycles. The molecule has 0 radical (unpaired) electrons. The van der Waals surface area contributed by atoms with E-state index in [9.17, 15) is 4.79 Å². The van der Waals surface area contributed by atoms with E-state index in [1.165, 1.54) is 11.8 Å². The SMILES string of the molecule is CC(C)CNC(=O)CSc1nc(Cl)cc(N2CCN(c3ccccc3Cl)CC2)n1. The lowest BCUT2D eigenvalue weighted by molar-refractivity contribution is -0.118. The van der Waals surface area contributed by atoms with Crippen molar-refractivity contribution in [3.63, 3.8) is 0 Å². The Morgan fingerprint density at radius 1 is 1.14 bits per heavy atom. The van der Waals surface area contributed by atoms with Gasteiger partial charge in [0.05, 0.1) is 16.5 Å². The molecule has 156 valence electrons. The maximum absolute atomic E-state index is 11.9. The molecule has 9 heteroatoms. The number of amides is 1. The standard InChI is InChI=1S/C20H25Cl2N5OS/c1-14(2)12-23-19(28)13-29-20-24-17(22)11-18(25-20)27-9-7-26(8-10-27)16-6-4-3-5-15(16)21/h3-6,11,14H,7-10,12-13H2,1-2H3,(H,23,28). The fraction of sp³-hybridized carbons (Fsp3) is 0.450. The van der Waals surface area contributed by atoms with Gasteiger partial charge >= 0.3 is 0 Å². The summed E-state index contributed by atoms with van der Waals surface area (Å²) in [7, 11) is 0. The monoisotopic (exact) mass is 453 g/mol. The van der Waals surface area contributed by atoms with E-state index in [1.807, 2.05) is 24.3 Å². The Morgan fingerprint density at radius 3 is 2.52 bits per heavy atom. The molecule has 6 nitrogen and oxygen atoms in total. The Bertz CT molecular complexity index is 843. The minimum absolute atomic E-state index is 0.0258. The average molecular weight is 454 g/mol. The number of hydrogen-bond acceptors (Lipinski definition) is 6. The van der Waals surface area contributed by atoms with E-state index in [1.54, 1.807) is 6.07 Å². The first-order chi connectivity index (χ1) is 13.9. The predicted octanol–water partition coefficient (Wildman–Crippen LogP) is 3.97. The number of rotatable bonds is 7. The third-order valence-corrected chi connectivity index (χ3v) is 5.86. The van der Waals surface area contributed by atoms with Crippen molar-refractivity contribution in [3.05, 3.63) is 40.5 Å². The fourth-order valence-corrected chi connectivity index (χ4v) is 4.16. The van der Waals surface area contributed by atoms with Crippen LogP contribution >= 0.6 is 35.0 Å². The van der Waals surface area contributed by atoms with E-state index >= 15 is 0 Å². The summed E-state index contributed by atoms with van der Waals surface area (Å²) in [6.45, 7) is 8.07. The molecule has 1 saturated heterocycles. The van der Waals surface area contributed by atoms with Gasteiger partial charge in [-0.3, -0.25) is 4.79 Å². The van der Waals surface area contributed by atoms with Crippen LogP contribution in [0.15, 0.2) is 35.5 Å². The van der Waals surface area contributed by atoms with Gasteiger partial charge in [-0.25, -0.2) is 9.97 Å². The highest BCUT2D eigenvalue weighted by molar-refractivity contribution is 7.99. The number of benzene rings is 1. The summed E-state index contributed by atoms with van der Waals surface area (Å²) < 4.78 is 0. The first-order valence-electron chi connectivity index (χ1n) is 9.61. The molecule has 0 saturated carbocycles. The van der Waals surface area contributed by atoms with E-state index in [-0.39, 0.29) is 11.7 Å². The third-order valence-electron chi connectivity index (χ3n) is 4.50. The number of nitrogens with zero attached hydrogens (tertiary/aromatic N) is 4. The third kappa shape index (κ3) is 6.39. The van der Waals surface area contributed by atoms with E-state index in [0.717, 1.165) is 42.7 Å².